The third kappa shape index (κ3) is 3.80. The molecule has 0 aromatic carbocycles. The number of nitrogens with one attached hydrogen (secondary N) is 1. The van der Waals surface area contributed by atoms with Crippen LogP contribution in [0.5, 0.6) is 0 Å². The van der Waals surface area contributed by atoms with E-state index in [1.807, 2.05) is 22.9 Å². The number of hydrogen-bond donors (Lipinski definition) is 1. The maximum Gasteiger partial charge on any atom is 0.270 e. The molecule has 0 unspecified atom stereocenters. The van der Waals surface area contributed by atoms with Gasteiger partial charge < -0.3 is 5.32 Å². The van der Waals surface area contributed by atoms with Crippen molar-refractivity contribution in [3.63, 3.8) is 0 Å². The first-order valence-corrected chi connectivity index (χ1v) is 9.04. The van der Waals surface area contributed by atoms with Crippen molar-refractivity contribution in [3.05, 3.63) is 40.2 Å². The summed E-state index contributed by atoms with van der Waals surface area (Å²) in [4.78, 5) is 17.6. The number of hydrogen-bond acceptors (Lipinski definition) is 4. The first-order chi connectivity index (χ1) is 10.3. The molecule has 21 heavy (non-hydrogen) atoms. The number of amides is 1. The normalized spacial score (nSPS) is 14.8. The second kappa shape index (κ2) is 7.00. The number of aromatic nitrogens is 1. The molecule has 0 aliphatic heterocycles. The fourth-order valence-electron chi connectivity index (χ4n) is 2.45. The monoisotopic (exact) mass is 318 g/mol. The predicted octanol–water partition coefficient (Wildman–Crippen LogP) is 4.49. The molecule has 3 rings (SSSR count). The molecule has 2 aromatic rings. The molecule has 0 bridgehead atoms. The van der Waals surface area contributed by atoms with Gasteiger partial charge in [0.1, 0.15) is 10.7 Å². The van der Waals surface area contributed by atoms with E-state index in [1.165, 1.54) is 42.6 Å². The minimum Gasteiger partial charge on any atom is -0.350 e. The quantitative estimate of drug-likeness (QED) is 0.825. The molecular formula is C16H18N2OS2. The minimum atomic E-state index is -0.0644. The van der Waals surface area contributed by atoms with Crippen molar-refractivity contribution in [2.24, 2.45) is 0 Å². The largest absolute Gasteiger partial charge is 0.350 e. The van der Waals surface area contributed by atoms with Gasteiger partial charge in [0.05, 0.1) is 4.88 Å². The second-order valence-corrected chi connectivity index (χ2v) is 6.94. The Morgan fingerprint density at radius 2 is 2.29 bits per heavy atom. The van der Waals surface area contributed by atoms with Crippen molar-refractivity contribution < 1.29 is 4.79 Å². The summed E-state index contributed by atoms with van der Waals surface area (Å²) >= 11 is 3.17. The Morgan fingerprint density at radius 1 is 1.33 bits per heavy atom. The lowest BCUT2D eigenvalue weighted by Crippen LogP contribution is -2.25. The van der Waals surface area contributed by atoms with Crippen LogP contribution in [0.2, 0.25) is 0 Å². The van der Waals surface area contributed by atoms with Crippen molar-refractivity contribution in [2.75, 3.05) is 6.54 Å². The fourth-order valence-corrected chi connectivity index (χ4v) is 4.06. The van der Waals surface area contributed by atoms with E-state index in [-0.39, 0.29) is 5.91 Å². The van der Waals surface area contributed by atoms with E-state index in [2.05, 4.69) is 16.4 Å². The molecule has 1 N–H and O–H groups in total. The number of thiazole rings is 1. The Balaban J connectivity index is 1.52. The van der Waals surface area contributed by atoms with E-state index < -0.39 is 0 Å². The summed E-state index contributed by atoms with van der Waals surface area (Å²) < 4.78 is 0. The number of carbonyl (C=O) groups excluding carboxylic acids is 1. The van der Waals surface area contributed by atoms with Crippen LogP contribution >= 0.6 is 22.7 Å². The Hall–Kier alpha value is -1.46. The molecule has 0 spiro atoms. The molecule has 1 aliphatic carbocycles. The molecular weight excluding hydrogens is 300 g/mol. The summed E-state index contributed by atoms with van der Waals surface area (Å²) in [7, 11) is 0. The van der Waals surface area contributed by atoms with Crippen molar-refractivity contribution in [1.29, 1.82) is 0 Å². The zero-order chi connectivity index (χ0) is 14.5. The van der Waals surface area contributed by atoms with Crippen LogP contribution in [0.15, 0.2) is 34.5 Å². The molecule has 1 amide bonds. The highest BCUT2D eigenvalue weighted by molar-refractivity contribution is 7.20. The maximum absolute atomic E-state index is 12.1. The van der Waals surface area contributed by atoms with Gasteiger partial charge in [-0.15, -0.1) is 22.7 Å². The molecule has 0 radical (unpaired) electrons. The van der Waals surface area contributed by atoms with E-state index in [0.29, 0.717) is 12.2 Å². The minimum absolute atomic E-state index is 0.0644. The van der Waals surface area contributed by atoms with E-state index in [9.17, 15) is 4.79 Å². The summed E-state index contributed by atoms with van der Waals surface area (Å²) in [5.74, 6) is -0.0644. The predicted molar refractivity (Wildman–Crippen MR) is 88.9 cm³/mol. The highest BCUT2D eigenvalue weighted by Crippen LogP contribution is 2.27. The summed E-state index contributed by atoms with van der Waals surface area (Å²) in [6.45, 7) is 0.705. The average molecular weight is 318 g/mol. The van der Waals surface area contributed by atoms with E-state index in [1.54, 1.807) is 11.3 Å². The number of allylic oxidation sites excluding steroid dienone is 1. The molecule has 2 aromatic heterocycles. The van der Waals surface area contributed by atoms with Gasteiger partial charge in [0.2, 0.25) is 0 Å². The second-order valence-electron chi connectivity index (χ2n) is 5.13. The van der Waals surface area contributed by atoms with Crippen molar-refractivity contribution in [3.8, 4) is 9.88 Å². The summed E-state index contributed by atoms with van der Waals surface area (Å²) in [5.41, 5.74) is 2.01. The highest BCUT2D eigenvalue weighted by atomic mass is 32.1. The lowest BCUT2D eigenvalue weighted by molar-refractivity contribution is 0.0950. The van der Waals surface area contributed by atoms with Gasteiger partial charge in [-0.05, 0) is 43.6 Å². The van der Waals surface area contributed by atoms with Crippen LogP contribution in [0.1, 0.15) is 42.6 Å². The maximum atomic E-state index is 12.1. The van der Waals surface area contributed by atoms with Crippen LogP contribution in [-0.4, -0.2) is 17.4 Å². The highest BCUT2D eigenvalue weighted by Gasteiger charge is 2.12. The van der Waals surface area contributed by atoms with E-state index in [4.69, 9.17) is 0 Å². The average Bonchev–Trinajstić information content (AvgIpc) is 3.19. The smallest absolute Gasteiger partial charge is 0.270 e. The summed E-state index contributed by atoms with van der Waals surface area (Å²) in [5, 5.41) is 7.75. The van der Waals surface area contributed by atoms with Crippen molar-refractivity contribution in [1.82, 2.24) is 10.3 Å². The van der Waals surface area contributed by atoms with Gasteiger partial charge in [-0.3, -0.25) is 4.79 Å². The van der Waals surface area contributed by atoms with Crippen LogP contribution in [0.3, 0.4) is 0 Å². The molecule has 2 heterocycles. The lowest BCUT2D eigenvalue weighted by atomic mass is 9.97. The van der Waals surface area contributed by atoms with Gasteiger partial charge in [-0.1, -0.05) is 17.7 Å². The van der Waals surface area contributed by atoms with Crippen LogP contribution < -0.4 is 5.32 Å². The number of carbonyl (C=O) groups is 1. The van der Waals surface area contributed by atoms with Crippen LogP contribution in [-0.2, 0) is 0 Å². The first-order valence-electron chi connectivity index (χ1n) is 7.28. The van der Waals surface area contributed by atoms with Gasteiger partial charge in [0.15, 0.2) is 0 Å². The standard InChI is InChI=1S/C16H18N2OS2/c19-15(17-9-8-12-5-2-1-3-6-12)13-11-21-16(18-13)14-7-4-10-20-14/h4-5,7,10-11H,1-3,6,8-9H2,(H,17,19). The molecule has 3 nitrogen and oxygen atoms in total. The number of rotatable bonds is 5. The van der Waals surface area contributed by atoms with Gasteiger partial charge in [-0.2, -0.15) is 0 Å². The van der Waals surface area contributed by atoms with Gasteiger partial charge in [0.25, 0.3) is 5.91 Å². The Kier molecular flexibility index (Phi) is 4.83. The van der Waals surface area contributed by atoms with E-state index >= 15 is 0 Å². The Labute approximate surface area is 132 Å². The van der Waals surface area contributed by atoms with Gasteiger partial charge >= 0.3 is 0 Å². The van der Waals surface area contributed by atoms with Gasteiger partial charge in [0, 0.05) is 11.9 Å². The van der Waals surface area contributed by atoms with Crippen LogP contribution in [0.4, 0.5) is 0 Å². The first kappa shape index (κ1) is 14.5. The molecule has 0 fully saturated rings. The third-order valence-corrected chi connectivity index (χ3v) is 5.47. The zero-order valence-corrected chi connectivity index (χ0v) is 13.4. The molecule has 0 atom stereocenters. The molecule has 0 saturated carbocycles. The Morgan fingerprint density at radius 3 is 3.05 bits per heavy atom. The van der Waals surface area contributed by atoms with Gasteiger partial charge in [-0.25, -0.2) is 4.98 Å². The zero-order valence-electron chi connectivity index (χ0n) is 11.8. The molecule has 110 valence electrons. The van der Waals surface area contributed by atoms with E-state index in [0.717, 1.165) is 16.3 Å². The van der Waals surface area contributed by atoms with Crippen molar-refractivity contribution >= 4 is 28.6 Å². The molecule has 5 heteroatoms. The number of thiophene rings is 1. The molecule has 1 aliphatic rings. The molecule has 0 saturated heterocycles. The SMILES string of the molecule is O=C(NCCC1=CCCCC1)c1csc(-c2cccs2)n1. The van der Waals surface area contributed by atoms with Crippen molar-refractivity contribution in [2.45, 2.75) is 32.1 Å². The third-order valence-electron chi connectivity index (χ3n) is 3.59. The van der Waals surface area contributed by atoms with Crippen LogP contribution in [0.25, 0.3) is 9.88 Å². The topological polar surface area (TPSA) is 42.0 Å². The summed E-state index contributed by atoms with van der Waals surface area (Å²) in [6, 6.07) is 4.03. The number of nitrogens with zero attached hydrogens (tertiary/aromatic N) is 1. The summed E-state index contributed by atoms with van der Waals surface area (Å²) in [6.07, 6.45) is 8.27. The van der Waals surface area contributed by atoms with Crippen LogP contribution in [0, 0.1) is 0 Å². The fraction of sp³-hybridized carbons (Fsp3) is 0.375. The Bertz CT molecular complexity index is 629. The lowest BCUT2D eigenvalue weighted by Gasteiger charge is -2.12.